The third-order valence-electron chi connectivity index (χ3n) is 1.54. The number of benzene rings is 1. The number of hydrazine groups is 1. The van der Waals surface area contributed by atoms with Gasteiger partial charge in [-0.2, -0.15) is 0 Å². The molecule has 1 amide bonds. The van der Waals surface area contributed by atoms with E-state index in [1.807, 2.05) is 5.43 Å². The van der Waals surface area contributed by atoms with Crippen LogP contribution in [0.25, 0.3) is 0 Å². The second-order valence-electron chi connectivity index (χ2n) is 2.39. The van der Waals surface area contributed by atoms with Gasteiger partial charge < -0.3 is 0 Å². The summed E-state index contributed by atoms with van der Waals surface area (Å²) in [5, 5.41) is 10.5. The summed E-state index contributed by atoms with van der Waals surface area (Å²) in [7, 11) is 0. The van der Waals surface area contributed by atoms with Crippen molar-refractivity contribution in [3.8, 4) is 0 Å². The van der Waals surface area contributed by atoms with Crippen LogP contribution in [-0.2, 0) is 0 Å². The fourth-order valence-corrected chi connectivity index (χ4v) is 1.08. The van der Waals surface area contributed by atoms with Crippen molar-refractivity contribution in [2.45, 2.75) is 0 Å². The highest BCUT2D eigenvalue weighted by atomic mass is 35.5. The first-order valence-corrected chi connectivity index (χ1v) is 3.89. The van der Waals surface area contributed by atoms with Gasteiger partial charge in [0.25, 0.3) is 11.6 Å². The average Bonchev–Trinajstić information content (AvgIpc) is 2.17. The van der Waals surface area contributed by atoms with Crippen LogP contribution in [-0.4, -0.2) is 10.8 Å². The van der Waals surface area contributed by atoms with Gasteiger partial charge in [0, 0.05) is 12.1 Å². The third-order valence-corrected chi connectivity index (χ3v) is 1.87. The number of nitrogens with zero attached hydrogens (tertiary/aromatic N) is 1. The topological polar surface area (TPSA) is 98.3 Å². The molecule has 1 aromatic rings. The van der Waals surface area contributed by atoms with Crippen molar-refractivity contribution in [1.82, 2.24) is 5.43 Å². The predicted molar refractivity (Wildman–Crippen MR) is 49.8 cm³/mol. The lowest BCUT2D eigenvalue weighted by Gasteiger charge is -2.01. The van der Waals surface area contributed by atoms with Gasteiger partial charge >= 0.3 is 0 Å². The van der Waals surface area contributed by atoms with E-state index in [1.165, 1.54) is 12.1 Å². The number of carbonyl (C=O) groups is 1. The van der Waals surface area contributed by atoms with Crippen molar-refractivity contribution in [3.05, 3.63) is 38.9 Å². The molecule has 0 bridgehead atoms. The van der Waals surface area contributed by atoms with Gasteiger partial charge in [-0.1, -0.05) is 11.6 Å². The summed E-state index contributed by atoms with van der Waals surface area (Å²) in [6.07, 6.45) is 0. The number of rotatable bonds is 2. The van der Waals surface area contributed by atoms with Crippen molar-refractivity contribution in [2.24, 2.45) is 5.84 Å². The van der Waals surface area contributed by atoms with Gasteiger partial charge in [0.05, 0.1) is 15.5 Å². The molecule has 0 radical (unpaired) electrons. The van der Waals surface area contributed by atoms with Crippen LogP contribution in [0.4, 0.5) is 5.69 Å². The lowest BCUT2D eigenvalue weighted by Crippen LogP contribution is -2.30. The Bertz CT molecular complexity index is 394. The number of nitrogens with one attached hydrogen (secondary N) is 1. The van der Waals surface area contributed by atoms with Gasteiger partial charge in [-0.15, -0.1) is 0 Å². The number of hydrogen-bond donors (Lipinski definition) is 2. The molecule has 0 atom stereocenters. The number of nitrogen functional groups attached to an aromatic ring is 1. The van der Waals surface area contributed by atoms with E-state index in [9.17, 15) is 14.9 Å². The number of nitro benzene ring substituents is 1. The number of carbonyl (C=O) groups excluding carboxylic acids is 1. The first kappa shape index (κ1) is 10.4. The van der Waals surface area contributed by atoms with E-state index in [2.05, 4.69) is 0 Å². The van der Waals surface area contributed by atoms with Gasteiger partial charge in [-0.3, -0.25) is 20.3 Å². The summed E-state index contributed by atoms with van der Waals surface area (Å²) in [4.78, 5) is 20.8. The Kier molecular flexibility index (Phi) is 3.00. The molecule has 0 saturated carbocycles. The second kappa shape index (κ2) is 4.03. The highest BCUT2D eigenvalue weighted by molar-refractivity contribution is 6.33. The number of halogens is 1. The second-order valence-corrected chi connectivity index (χ2v) is 2.80. The monoisotopic (exact) mass is 215 g/mol. The van der Waals surface area contributed by atoms with Crippen LogP contribution in [0, 0.1) is 10.1 Å². The SMILES string of the molecule is NNC(=O)c1cc([N+](=O)[O-])ccc1Cl. The molecule has 74 valence electrons. The smallest absolute Gasteiger partial charge is 0.270 e. The zero-order valence-electron chi connectivity index (χ0n) is 6.86. The standard InChI is InChI=1S/C7H6ClN3O3/c8-6-2-1-4(11(13)14)3-5(6)7(12)10-9/h1-3H,9H2,(H,10,12). The number of non-ortho nitro benzene ring substituents is 1. The average molecular weight is 216 g/mol. The number of nitrogens with two attached hydrogens (primary N) is 1. The fourth-order valence-electron chi connectivity index (χ4n) is 0.879. The molecule has 0 aromatic heterocycles. The number of amides is 1. The molecule has 0 heterocycles. The van der Waals surface area contributed by atoms with Gasteiger partial charge in [-0.25, -0.2) is 5.84 Å². The van der Waals surface area contributed by atoms with Crippen molar-refractivity contribution in [2.75, 3.05) is 0 Å². The molecule has 0 unspecified atom stereocenters. The van der Waals surface area contributed by atoms with E-state index in [0.717, 1.165) is 6.07 Å². The Morgan fingerprint density at radius 3 is 2.71 bits per heavy atom. The van der Waals surface area contributed by atoms with Crippen molar-refractivity contribution in [1.29, 1.82) is 0 Å². The van der Waals surface area contributed by atoms with Gasteiger partial charge in [0.15, 0.2) is 0 Å². The van der Waals surface area contributed by atoms with Crippen LogP contribution in [0.15, 0.2) is 18.2 Å². The van der Waals surface area contributed by atoms with Crippen LogP contribution in [0.2, 0.25) is 5.02 Å². The van der Waals surface area contributed by atoms with Crippen LogP contribution >= 0.6 is 11.6 Å². The molecule has 0 fully saturated rings. The minimum absolute atomic E-state index is 0.0247. The highest BCUT2D eigenvalue weighted by Crippen LogP contribution is 2.21. The Labute approximate surface area is 83.8 Å². The van der Waals surface area contributed by atoms with Crippen molar-refractivity contribution >= 4 is 23.2 Å². The van der Waals surface area contributed by atoms with E-state index in [-0.39, 0.29) is 16.3 Å². The highest BCUT2D eigenvalue weighted by Gasteiger charge is 2.14. The molecular weight excluding hydrogens is 210 g/mol. The van der Waals surface area contributed by atoms with Gasteiger partial charge in [0.2, 0.25) is 0 Å². The summed E-state index contributed by atoms with van der Waals surface area (Å²) in [5.41, 5.74) is 1.60. The molecule has 0 aliphatic carbocycles. The largest absolute Gasteiger partial charge is 0.290 e. The molecule has 14 heavy (non-hydrogen) atoms. The molecule has 3 N–H and O–H groups in total. The van der Waals surface area contributed by atoms with Crippen molar-refractivity contribution < 1.29 is 9.72 Å². The minimum atomic E-state index is -0.668. The molecule has 1 aromatic carbocycles. The lowest BCUT2D eigenvalue weighted by molar-refractivity contribution is -0.384. The maximum atomic E-state index is 11.1. The van der Waals surface area contributed by atoms with Gasteiger partial charge in [-0.05, 0) is 6.07 Å². The normalized spacial score (nSPS) is 9.57. The maximum absolute atomic E-state index is 11.1. The van der Waals surface area contributed by atoms with E-state index in [0.29, 0.717) is 0 Å². The summed E-state index contributed by atoms with van der Waals surface area (Å²) >= 11 is 5.64. The fraction of sp³-hybridized carbons (Fsp3) is 0. The molecule has 0 aliphatic rings. The van der Waals surface area contributed by atoms with Crippen molar-refractivity contribution in [3.63, 3.8) is 0 Å². The van der Waals surface area contributed by atoms with E-state index < -0.39 is 10.8 Å². The zero-order chi connectivity index (χ0) is 10.7. The van der Waals surface area contributed by atoms with Crippen LogP contribution in [0.1, 0.15) is 10.4 Å². The molecule has 7 heteroatoms. The number of nitro groups is 1. The molecule has 0 spiro atoms. The first-order valence-electron chi connectivity index (χ1n) is 3.51. The van der Waals surface area contributed by atoms with E-state index in [1.54, 1.807) is 0 Å². The lowest BCUT2D eigenvalue weighted by atomic mass is 10.2. The summed E-state index contributed by atoms with van der Waals surface area (Å²) < 4.78 is 0. The van der Waals surface area contributed by atoms with Gasteiger partial charge in [0.1, 0.15) is 0 Å². The molecule has 1 rings (SSSR count). The van der Waals surface area contributed by atoms with Crippen LogP contribution < -0.4 is 11.3 Å². The predicted octanol–water partition coefficient (Wildman–Crippen LogP) is 0.852. The summed E-state index contributed by atoms with van der Waals surface area (Å²) in [5.74, 6) is 4.20. The first-order chi connectivity index (χ1) is 6.56. The maximum Gasteiger partial charge on any atom is 0.270 e. The minimum Gasteiger partial charge on any atom is -0.290 e. The Morgan fingerprint density at radius 1 is 1.57 bits per heavy atom. The molecule has 6 nitrogen and oxygen atoms in total. The summed E-state index contributed by atoms with van der Waals surface area (Å²) in [6, 6.07) is 3.53. The molecule has 0 saturated heterocycles. The van der Waals surface area contributed by atoms with E-state index in [4.69, 9.17) is 17.4 Å². The Hall–Kier alpha value is -1.66. The third kappa shape index (κ3) is 1.98. The van der Waals surface area contributed by atoms with Crippen LogP contribution in [0.5, 0.6) is 0 Å². The molecular formula is C7H6ClN3O3. The number of hydrogen-bond acceptors (Lipinski definition) is 4. The van der Waals surface area contributed by atoms with E-state index >= 15 is 0 Å². The zero-order valence-corrected chi connectivity index (χ0v) is 7.62. The summed E-state index contributed by atoms with van der Waals surface area (Å²) in [6.45, 7) is 0. The van der Waals surface area contributed by atoms with Crippen LogP contribution in [0.3, 0.4) is 0 Å². The Balaban J connectivity index is 3.21. The quantitative estimate of drug-likeness (QED) is 0.331. The molecule has 0 aliphatic heterocycles. The Morgan fingerprint density at radius 2 is 2.21 bits per heavy atom.